The summed E-state index contributed by atoms with van der Waals surface area (Å²) in [4.78, 5) is 19.6. The number of fused-ring (bicyclic) bond motifs is 1. The van der Waals surface area contributed by atoms with Crippen molar-refractivity contribution >= 4 is 40.9 Å². The largest absolute Gasteiger partial charge is 0.351 e. The van der Waals surface area contributed by atoms with Crippen LogP contribution in [0.15, 0.2) is 24.4 Å². The lowest BCUT2D eigenvalue weighted by Crippen LogP contribution is -2.25. The summed E-state index contributed by atoms with van der Waals surface area (Å²) in [6.07, 6.45) is 1.72. The van der Waals surface area contributed by atoms with Crippen LogP contribution in [0, 0.1) is 6.92 Å². The van der Waals surface area contributed by atoms with Gasteiger partial charge in [-0.25, -0.2) is 9.67 Å². The second-order valence-corrected chi connectivity index (χ2v) is 7.60. The number of thiophene rings is 1. The normalized spacial score (nSPS) is 11.4. The molecule has 0 aliphatic heterocycles. The molecule has 0 aliphatic carbocycles. The first-order valence-electron chi connectivity index (χ1n) is 7.85. The molecule has 0 bridgehead atoms. The summed E-state index contributed by atoms with van der Waals surface area (Å²) in [6.45, 7) is 6.69. The Labute approximate surface area is 150 Å². The van der Waals surface area contributed by atoms with Gasteiger partial charge in [-0.1, -0.05) is 0 Å². The number of nitrogens with zero attached hydrogens (tertiary/aromatic N) is 3. The third-order valence-corrected chi connectivity index (χ3v) is 4.94. The van der Waals surface area contributed by atoms with E-state index < -0.39 is 0 Å². The van der Waals surface area contributed by atoms with Gasteiger partial charge in [0.2, 0.25) is 0 Å². The highest BCUT2D eigenvalue weighted by molar-refractivity contribution is 7.80. The van der Waals surface area contributed by atoms with E-state index in [2.05, 4.69) is 49.9 Å². The molecule has 0 aromatic carbocycles. The zero-order valence-electron chi connectivity index (χ0n) is 13.9. The monoisotopic (exact) mass is 360 g/mol. The predicted molar refractivity (Wildman–Crippen MR) is 102 cm³/mol. The van der Waals surface area contributed by atoms with Crippen LogP contribution in [0.4, 0.5) is 0 Å². The maximum absolute atomic E-state index is 12.6. The van der Waals surface area contributed by atoms with Gasteiger partial charge in [-0.15, -0.1) is 11.3 Å². The highest BCUT2D eigenvalue weighted by atomic mass is 32.1. The minimum atomic E-state index is -0.116. The first-order chi connectivity index (χ1) is 11.5. The van der Waals surface area contributed by atoms with E-state index in [4.69, 9.17) is 4.98 Å². The molecule has 126 valence electrons. The minimum Gasteiger partial charge on any atom is -0.351 e. The Morgan fingerprint density at radius 2 is 2.21 bits per heavy atom. The van der Waals surface area contributed by atoms with Gasteiger partial charge in [0.25, 0.3) is 5.91 Å². The van der Waals surface area contributed by atoms with Crippen LogP contribution in [0.3, 0.4) is 0 Å². The third kappa shape index (κ3) is 3.18. The summed E-state index contributed by atoms with van der Waals surface area (Å²) in [6, 6.07) is 6.13. The molecular weight excluding hydrogens is 340 g/mol. The number of hydrogen-bond donors (Lipinski definition) is 2. The van der Waals surface area contributed by atoms with Gasteiger partial charge in [-0.05, 0) is 39.0 Å². The number of thiol groups is 1. The highest BCUT2D eigenvalue weighted by Crippen LogP contribution is 2.30. The Morgan fingerprint density at radius 3 is 2.83 bits per heavy atom. The molecule has 0 unspecified atom stereocenters. The number of pyridine rings is 1. The summed E-state index contributed by atoms with van der Waals surface area (Å²) in [5.74, 6) is 0.483. The Kier molecular flexibility index (Phi) is 4.91. The van der Waals surface area contributed by atoms with Crippen molar-refractivity contribution in [1.82, 2.24) is 20.1 Å². The van der Waals surface area contributed by atoms with Gasteiger partial charge in [0.05, 0.1) is 27.7 Å². The SMILES string of the molecule is Cc1ccc(-c2cc(C(=O)NCCS)c3cnn(C(C)C)c3n2)s1. The minimum absolute atomic E-state index is 0.116. The zero-order chi connectivity index (χ0) is 17.3. The number of hydrogen-bond acceptors (Lipinski definition) is 5. The maximum atomic E-state index is 12.6. The molecule has 0 fully saturated rings. The van der Waals surface area contributed by atoms with E-state index in [1.54, 1.807) is 17.5 Å². The second kappa shape index (κ2) is 6.94. The Balaban J connectivity index is 2.19. The van der Waals surface area contributed by atoms with Gasteiger partial charge in [-0.3, -0.25) is 4.79 Å². The molecule has 1 N–H and O–H groups in total. The molecule has 3 heterocycles. The molecule has 0 spiro atoms. The van der Waals surface area contributed by atoms with E-state index in [1.807, 2.05) is 16.8 Å². The van der Waals surface area contributed by atoms with Crippen LogP contribution < -0.4 is 5.32 Å². The summed E-state index contributed by atoms with van der Waals surface area (Å²) < 4.78 is 1.86. The number of rotatable bonds is 5. The summed E-state index contributed by atoms with van der Waals surface area (Å²) in [5.41, 5.74) is 2.15. The first kappa shape index (κ1) is 17.0. The molecule has 3 aromatic rings. The van der Waals surface area contributed by atoms with Crippen molar-refractivity contribution in [2.75, 3.05) is 12.3 Å². The van der Waals surface area contributed by atoms with Crippen LogP contribution in [-0.2, 0) is 0 Å². The Bertz CT molecular complexity index is 882. The fourth-order valence-corrected chi connectivity index (χ4v) is 3.49. The average molecular weight is 361 g/mol. The van der Waals surface area contributed by atoms with Crippen LogP contribution in [0.5, 0.6) is 0 Å². The van der Waals surface area contributed by atoms with Crippen molar-refractivity contribution in [1.29, 1.82) is 0 Å². The summed E-state index contributed by atoms with van der Waals surface area (Å²) in [7, 11) is 0. The van der Waals surface area contributed by atoms with E-state index in [0.29, 0.717) is 17.9 Å². The Hall–Kier alpha value is -1.86. The molecule has 0 atom stereocenters. The van der Waals surface area contributed by atoms with Crippen molar-refractivity contribution in [2.45, 2.75) is 26.8 Å². The third-order valence-electron chi connectivity index (χ3n) is 3.69. The van der Waals surface area contributed by atoms with Crippen LogP contribution in [0.1, 0.15) is 35.1 Å². The molecular formula is C17H20N4OS2. The standard InChI is InChI=1S/C17H20N4OS2/c1-10(2)21-16-13(9-19-21)12(17(22)18-6-7-23)8-14(20-16)15-5-4-11(3)24-15/h4-5,8-10,23H,6-7H2,1-3H3,(H,18,22). The number of carbonyl (C=O) groups excluding carboxylic acids is 1. The zero-order valence-corrected chi connectivity index (χ0v) is 15.6. The summed E-state index contributed by atoms with van der Waals surface area (Å²) in [5, 5.41) is 8.08. The highest BCUT2D eigenvalue weighted by Gasteiger charge is 2.18. The molecule has 0 saturated heterocycles. The van der Waals surface area contributed by atoms with E-state index in [1.165, 1.54) is 4.88 Å². The lowest BCUT2D eigenvalue weighted by atomic mass is 10.1. The molecule has 0 saturated carbocycles. The molecule has 3 aromatic heterocycles. The lowest BCUT2D eigenvalue weighted by molar-refractivity contribution is 0.0958. The van der Waals surface area contributed by atoms with Gasteiger partial charge in [0, 0.05) is 23.2 Å². The molecule has 0 radical (unpaired) electrons. The quantitative estimate of drug-likeness (QED) is 0.682. The van der Waals surface area contributed by atoms with Crippen LogP contribution in [0.2, 0.25) is 0 Å². The molecule has 1 amide bonds. The molecule has 7 heteroatoms. The molecule has 0 aliphatic rings. The van der Waals surface area contributed by atoms with Crippen molar-refractivity contribution in [3.05, 3.63) is 34.8 Å². The van der Waals surface area contributed by atoms with Gasteiger partial charge in [0.1, 0.15) is 0 Å². The van der Waals surface area contributed by atoms with E-state index in [0.717, 1.165) is 21.6 Å². The molecule has 24 heavy (non-hydrogen) atoms. The number of aromatic nitrogens is 3. The lowest BCUT2D eigenvalue weighted by Gasteiger charge is -2.10. The smallest absolute Gasteiger partial charge is 0.252 e. The van der Waals surface area contributed by atoms with Crippen LogP contribution in [-0.4, -0.2) is 33.0 Å². The fourth-order valence-electron chi connectivity index (χ4n) is 2.55. The van der Waals surface area contributed by atoms with Crippen molar-refractivity contribution in [3.63, 3.8) is 0 Å². The van der Waals surface area contributed by atoms with Crippen molar-refractivity contribution in [3.8, 4) is 10.6 Å². The maximum Gasteiger partial charge on any atom is 0.252 e. The second-order valence-electron chi connectivity index (χ2n) is 5.87. The topological polar surface area (TPSA) is 59.8 Å². The first-order valence-corrected chi connectivity index (χ1v) is 9.30. The van der Waals surface area contributed by atoms with Crippen LogP contribution in [0.25, 0.3) is 21.6 Å². The van der Waals surface area contributed by atoms with Crippen molar-refractivity contribution in [2.24, 2.45) is 0 Å². The summed E-state index contributed by atoms with van der Waals surface area (Å²) >= 11 is 5.82. The van der Waals surface area contributed by atoms with E-state index >= 15 is 0 Å². The van der Waals surface area contributed by atoms with E-state index in [9.17, 15) is 4.79 Å². The molecule has 5 nitrogen and oxygen atoms in total. The van der Waals surface area contributed by atoms with Crippen LogP contribution >= 0.6 is 24.0 Å². The number of nitrogens with one attached hydrogen (secondary N) is 1. The number of aryl methyl sites for hydroxylation is 1. The average Bonchev–Trinajstić information content (AvgIpc) is 3.17. The van der Waals surface area contributed by atoms with Gasteiger partial charge < -0.3 is 5.32 Å². The van der Waals surface area contributed by atoms with E-state index in [-0.39, 0.29) is 11.9 Å². The van der Waals surface area contributed by atoms with Gasteiger partial charge in [0.15, 0.2) is 5.65 Å². The molecule has 3 rings (SSSR count). The van der Waals surface area contributed by atoms with Crippen molar-refractivity contribution < 1.29 is 4.79 Å². The fraction of sp³-hybridized carbons (Fsp3) is 0.353. The Morgan fingerprint density at radius 1 is 1.42 bits per heavy atom. The van der Waals surface area contributed by atoms with Gasteiger partial charge in [-0.2, -0.15) is 17.7 Å². The van der Waals surface area contributed by atoms with Gasteiger partial charge >= 0.3 is 0 Å². The number of amides is 1. The predicted octanol–water partition coefficient (Wildman–Crippen LogP) is 3.71. The number of carbonyl (C=O) groups is 1.